The molecule has 1 saturated carbocycles. The van der Waals surface area contributed by atoms with Crippen molar-refractivity contribution in [2.24, 2.45) is 5.73 Å². The van der Waals surface area contributed by atoms with Crippen molar-refractivity contribution < 1.29 is 4.79 Å². The molecule has 1 heterocycles. The normalized spacial score (nSPS) is 21.9. The minimum Gasteiger partial charge on any atom is -0.347 e. The highest BCUT2D eigenvalue weighted by Gasteiger charge is 2.26. The van der Waals surface area contributed by atoms with Crippen molar-refractivity contribution in [3.8, 4) is 11.8 Å². The summed E-state index contributed by atoms with van der Waals surface area (Å²) in [7, 11) is 0. The zero-order valence-corrected chi connectivity index (χ0v) is 13.3. The molecule has 108 valence electrons. The summed E-state index contributed by atoms with van der Waals surface area (Å²) < 4.78 is 0. The number of nitrogens with two attached hydrogens (primary N) is 1. The largest absolute Gasteiger partial charge is 0.347 e. The summed E-state index contributed by atoms with van der Waals surface area (Å²) in [5, 5.41) is 5.63. The molecule has 2 unspecified atom stereocenters. The first kappa shape index (κ1) is 15.4. The topological polar surface area (TPSA) is 55.1 Å². The average molecular weight is 308 g/mol. The second kappa shape index (κ2) is 7.72. The van der Waals surface area contributed by atoms with Crippen molar-refractivity contribution >= 4 is 29.0 Å². The van der Waals surface area contributed by atoms with Crippen molar-refractivity contribution in [3.63, 3.8) is 0 Å². The van der Waals surface area contributed by atoms with Gasteiger partial charge in [0.05, 0.1) is 6.54 Å². The number of amides is 1. The van der Waals surface area contributed by atoms with E-state index in [2.05, 4.69) is 23.4 Å². The SMILES string of the molecule is CSC1CCCCC1NC(=O)c1sccc1C#CCN. The van der Waals surface area contributed by atoms with Crippen LogP contribution in [0.25, 0.3) is 0 Å². The number of thiophene rings is 1. The molecule has 0 spiro atoms. The van der Waals surface area contributed by atoms with Gasteiger partial charge in [0, 0.05) is 16.9 Å². The molecule has 1 fully saturated rings. The van der Waals surface area contributed by atoms with Gasteiger partial charge in [-0.15, -0.1) is 11.3 Å². The zero-order valence-electron chi connectivity index (χ0n) is 11.6. The molecule has 0 radical (unpaired) electrons. The van der Waals surface area contributed by atoms with Crippen molar-refractivity contribution in [2.45, 2.75) is 37.0 Å². The van der Waals surface area contributed by atoms with Crippen LogP contribution in [0.15, 0.2) is 11.4 Å². The van der Waals surface area contributed by atoms with Crippen molar-refractivity contribution in [1.29, 1.82) is 0 Å². The van der Waals surface area contributed by atoms with E-state index < -0.39 is 0 Å². The van der Waals surface area contributed by atoms with Crippen molar-refractivity contribution in [2.75, 3.05) is 12.8 Å². The van der Waals surface area contributed by atoms with Gasteiger partial charge in [0.2, 0.25) is 0 Å². The maximum atomic E-state index is 12.4. The molecule has 1 aromatic rings. The van der Waals surface area contributed by atoms with Gasteiger partial charge in [-0.3, -0.25) is 4.79 Å². The van der Waals surface area contributed by atoms with Crippen LogP contribution in [-0.4, -0.2) is 30.0 Å². The van der Waals surface area contributed by atoms with E-state index in [1.807, 2.05) is 23.2 Å². The average Bonchev–Trinajstić information content (AvgIpc) is 2.94. The third-order valence-electron chi connectivity index (χ3n) is 3.52. The molecule has 1 amide bonds. The zero-order chi connectivity index (χ0) is 14.4. The Bertz CT molecular complexity index is 515. The standard InChI is InChI=1S/C15H20N2OS2/c1-19-13-7-3-2-6-12(13)17-15(18)14-11(5-4-9-16)8-10-20-14/h8,10,12-13H,2-3,6-7,9,16H2,1H3,(H,17,18). The lowest BCUT2D eigenvalue weighted by atomic mass is 9.95. The highest BCUT2D eigenvalue weighted by atomic mass is 32.2. The van der Waals surface area contributed by atoms with Crippen molar-refractivity contribution in [3.05, 3.63) is 21.9 Å². The first-order valence-corrected chi connectivity index (χ1v) is 9.03. The van der Waals surface area contributed by atoms with E-state index in [1.54, 1.807) is 0 Å². The molecule has 1 aliphatic rings. The van der Waals surface area contributed by atoms with Gasteiger partial charge in [-0.1, -0.05) is 24.7 Å². The minimum absolute atomic E-state index is 0.00673. The second-order valence-electron chi connectivity index (χ2n) is 4.81. The van der Waals surface area contributed by atoms with Gasteiger partial charge in [-0.2, -0.15) is 11.8 Å². The maximum absolute atomic E-state index is 12.4. The van der Waals surface area contributed by atoms with Crippen LogP contribution < -0.4 is 11.1 Å². The van der Waals surface area contributed by atoms with Crippen LogP contribution in [-0.2, 0) is 0 Å². The van der Waals surface area contributed by atoms with E-state index in [0.29, 0.717) is 16.7 Å². The Morgan fingerprint density at radius 3 is 3.10 bits per heavy atom. The Morgan fingerprint density at radius 1 is 1.55 bits per heavy atom. The Labute approximate surface area is 128 Å². The Hall–Kier alpha value is -0.960. The molecule has 0 saturated heterocycles. The first-order chi connectivity index (χ1) is 9.76. The van der Waals surface area contributed by atoms with E-state index in [0.717, 1.165) is 12.0 Å². The Morgan fingerprint density at radius 2 is 2.35 bits per heavy atom. The monoisotopic (exact) mass is 308 g/mol. The lowest BCUT2D eigenvalue weighted by molar-refractivity contribution is 0.0933. The number of hydrogen-bond donors (Lipinski definition) is 2. The quantitative estimate of drug-likeness (QED) is 0.843. The van der Waals surface area contributed by atoms with E-state index >= 15 is 0 Å². The van der Waals surface area contributed by atoms with Gasteiger partial charge in [-0.25, -0.2) is 0 Å². The Kier molecular flexibility index (Phi) is 5.96. The minimum atomic E-state index is 0.00673. The summed E-state index contributed by atoms with van der Waals surface area (Å²) in [6, 6.07) is 2.17. The highest BCUT2D eigenvalue weighted by Crippen LogP contribution is 2.27. The third kappa shape index (κ3) is 3.78. The second-order valence-corrected chi connectivity index (χ2v) is 6.80. The summed E-state index contributed by atoms with van der Waals surface area (Å²) in [4.78, 5) is 13.1. The smallest absolute Gasteiger partial charge is 0.262 e. The van der Waals surface area contributed by atoms with Crippen LogP contribution in [0.5, 0.6) is 0 Å². The molecule has 0 aromatic carbocycles. The van der Waals surface area contributed by atoms with Gasteiger partial charge in [0.15, 0.2) is 0 Å². The third-order valence-corrected chi connectivity index (χ3v) is 5.60. The van der Waals surface area contributed by atoms with Crippen LogP contribution in [0.1, 0.15) is 40.9 Å². The number of rotatable bonds is 3. The predicted octanol–water partition coefficient (Wildman–Crippen LogP) is 2.46. The summed E-state index contributed by atoms with van der Waals surface area (Å²) in [6.07, 6.45) is 6.86. The Balaban J connectivity index is 2.06. The summed E-state index contributed by atoms with van der Waals surface area (Å²) in [6.45, 7) is 0.314. The number of carbonyl (C=O) groups excluding carboxylic acids is 1. The molecular weight excluding hydrogens is 288 g/mol. The maximum Gasteiger partial charge on any atom is 0.262 e. The fourth-order valence-electron chi connectivity index (χ4n) is 2.51. The summed E-state index contributed by atoms with van der Waals surface area (Å²) in [5.41, 5.74) is 6.17. The molecule has 2 rings (SSSR count). The van der Waals surface area contributed by atoms with Gasteiger partial charge < -0.3 is 11.1 Å². The summed E-state index contributed by atoms with van der Waals surface area (Å²) >= 11 is 3.30. The first-order valence-electron chi connectivity index (χ1n) is 6.86. The van der Waals surface area contributed by atoms with Crippen LogP contribution >= 0.6 is 23.1 Å². The van der Waals surface area contributed by atoms with Gasteiger partial charge in [0.1, 0.15) is 4.88 Å². The molecule has 0 bridgehead atoms. The molecular formula is C15H20N2OS2. The van der Waals surface area contributed by atoms with E-state index in [9.17, 15) is 4.79 Å². The lowest BCUT2D eigenvalue weighted by Crippen LogP contribution is -2.43. The molecule has 3 N–H and O–H groups in total. The van der Waals surface area contributed by atoms with E-state index in [-0.39, 0.29) is 11.9 Å². The molecule has 1 aliphatic carbocycles. The molecule has 20 heavy (non-hydrogen) atoms. The highest BCUT2D eigenvalue weighted by molar-refractivity contribution is 7.99. The molecule has 0 aliphatic heterocycles. The van der Waals surface area contributed by atoms with Crippen LogP contribution in [0.4, 0.5) is 0 Å². The molecule has 5 heteroatoms. The lowest BCUT2D eigenvalue weighted by Gasteiger charge is -2.30. The van der Waals surface area contributed by atoms with Crippen molar-refractivity contribution in [1.82, 2.24) is 5.32 Å². The van der Waals surface area contributed by atoms with Gasteiger partial charge in [0.25, 0.3) is 5.91 Å². The number of nitrogens with one attached hydrogen (secondary N) is 1. The molecule has 2 atom stereocenters. The molecule has 1 aromatic heterocycles. The van der Waals surface area contributed by atoms with E-state index in [1.165, 1.54) is 30.6 Å². The van der Waals surface area contributed by atoms with Gasteiger partial charge in [-0.05, 0) is 30.5 Å². The molecule has 3 nitrogen and oxygen atoms in total. The van der Waals surface area contributed by atoms with Crippen LogP contribution in [0.2, 0.25) is 0 Å². The fraction of sp³-hybridized carbons (Fsp3) is 0.533. The van der Waals surface area contributed by atoms with Crippen LogP contribution in [0.3, 0.4) is 0 Å². The summed E-state index contributed by atoms with van der Waals surface area (Å²) in [5.74, 6) is 5.78. The van der Waals surface area contributed by atoms with Crippen LogP contribution in [0, 0.1) is 11.8 Å². The fourth-order valence-corrected chi connectivity index (χ4v) is 4.20. The number of thioether (sulfide) groups is 1. The van der Waals surface area contributed by atoms with Gasteiger partial charge >= 0.3 is 0 Å². The van der Waals surface area contributed by atoms with E-state index in [4.69, 9.17) is 5.73 Å². The number of carbonyl (C=O) groups is 1. The predicted molar refractivity (Wildman–Crippen MR) is 87.3 cm³/mol. The number of hydrogen-bond acceptors (Lipinski definition) is 4.